The van der Waals surface area contributed by atoms with Crippen molar-refractivity contribution in [1.29, 1.82) is 0 Å². The quantitative estimate of drug-likeness (QED) is 0.878. The molecule has 98 valence electrons. The van der Waals surface area contributed by atoms with E-state index in [1.165, 1.54) is 0 Å². The van der Waals surface area contributed by atoms with Crippen LogP contribution >= 0.6 is 11.6 Å². The molecule has 4 heteroatoms. The molecule has 0 radical (unpaired) electrons. The number of halogens is 1. The molecular weight excluding hydrogens is 248 g/mol. The first-order valence-electron chi connectivity index (χ1n) is 6.42. The molecule has 0 aromatic heterocycles. The Morgan fingerprint density at radius 2 is 2.28 bits per heavy atom. The van der Waals surface area contributed by atoms with Gasteiger partial charge in [0.1, 0.15) is 0 Å². The van der Waals surface area contributed by atoms with Crippen molar-refractivity contribution in [2.75, 3.05) is 6.54 Å². The van der Waals surface area contributed by atoms with Crippen LogP contribution < -0.4 is 11.1 Å². The van der Waals surface area contributed by atoms with E-state index < -0.39 is 5.54 Å². The molecule has 0 spiro atoms. The first kappa shape index (κ1) is 13.4. The summed E-state index contributed by atoms with van der Waals surface area (Å²) in [5.41, 5.74) is 6.19. The predicted octanol–water partition coefficient (Wildman–Crippen LogP) is 2.27. The van der Waals surface area contributed by atoms with Gasteiger partial charge in [0.2, 0.25) is 5.91 Å². The monoisotopic (exact) mass is 266 g/mol. The summed E-state index contributed by atoms with van der Waals surface area (Å²) in [6.45, 7) is 0.873. The number of amides is 1. The minimum Gasteiger partial charge on any atom is -0.368 e. The summed E-state index contributed by atoms with van der Waals surface area (Å²) in [5, 5.41) is 4.04. The second-order valence-corrected chi connectivity index (χ2v) is 5.40. The number of carbonyl (C=O) groups is 1. The van der Waals surface area contributed by atoms with E-state index in [0.29, 0.717) is 0 Å². The van der Waals surface area contributed by atoms with Crippen molar-refractivity contribution < 1.29 is 4.79 Å². The molecule has 0 bridgehead atoms. The van der Waals surface area contributed by atoms with Crippen molar-refractivity contribution in [3.8, 4) is 0 Å². The molecule has 1 heterocycles. The molecule has 1 aromatic rings. The van der Waals surface area contributed by atoms with E-state index >= 15 is 0 Å². The Hall–Kier alpha value is -1.06. The van der Waals surface area contributed by atoms with E-state index in [4.69, 9.17) is 17.3 Å². The third-order valence-electron chi connectivity index (χ3n) is 3.69. The summed E-state index contributed by atoms with van der Waals surface area (Å²) in [7, 11) is 0. The second-order valence-electron chi connectivity index (χ2n) is 4.96. The number of hydrogen-bond donors (Lipinski definition) is 2. The molecule has 1 aliphatic heterocycles. The maximum absolute atomic E-state index is 11.7. The topological polar surface area (TPSA) is 55.1 Å². The second kappa shape index (κ2) is 5.72. The van der Waals surface area contributed by atoms with Crippen LogP contribution in [0.15, 0.2) is 24.3 Å². The van der Waals surface area contributed by atoms with Crippen molar-refractivity contribution >= 4 is 17.5 Å². The molecule has 1 amide bonds. The molecule has 1 aliphatic rings. The highest BCUT2D eigenvalue weighted by atomic mass is 35.5. The van der Waals surface area contributed by atoms with Gasteiger partial charge < -0.3 is 11.1 Å². The van der Waals surface area contributed by atoms with Gasteiger partial charge in [-0.05, 0) is 56.3 Å². The highest BCUT2D eigenvalue weighted by Crippen LogP contribution is 2.25. The van der Waals surface area contributed by atoms with Gasteiger partial charge in [-0.25, -0.2) is 0 Å². The summed E-state index contributed by atoms with van der Waals surface area (Å²) in [6.07, 6.45) is 4.57. The van der Waals surface area contributed by atoms with Crippen LogP contribution in [-0.4, -0.2) is 18.0 Å². The Kier molecular flexibility index (Phi) is 4.25. The molecule has 1 atom stereocenters. The first-order chi connectivity index (χ1) is 8.62. The fraction of sp³-hybridized carbons (Fsp3) is 0.500. The number of primary amides is 1. The average Bonchev–Trinajstić information content (AvgIpc) is 2.37. The summed E-state index contributed by atoms with van der Waals surface area (Å²) in [5.74, 6) is -0.232. The fourth-order valence-electron chi connectivity index (χ4n) is 2.56. The van der Waals surface area contributed by atoms with E-state index in [-0.39, 0.29) is 5.91 Å². The number of hydrogen-bond acceptors (Lipinski definition) is 2. The van der Waals surface area contributed by atoms with Crippen molar-refractivity contribution in [3.05, 3.63) is 34.9 Å². The maximum atomic E-state index is 11.7. The summed E-state index contributed by atoms with van der Waals surface area (Å²) < 4.78 is 0. The summed E-state index contributed by atoms with van der Waals surface area (Å²) >= 11 is 5.96. The molecule has 3 N–H and O–H groups in total. The summed E-state index contributed by atoms with van der Waals surface area (Å²) in [4.78, 5) is 11.7. The molecular formula is C14H19ClN2O. The molecule has 0 saturated carbocycles. The average molecular weight is 267 g/mol. The number of aryl methyl sites for hydroxylation is 1. The van der Waals surface area contributed by atoms with E-state index in [0.717, 1.165) is 49.2 Å². The number of carbonyl (C=O) groups excluding carboxylic acids is 1. The number of nitrogens with two attached hydrogens (primary N) is 1. The Morgan fingerprint density at radius 1 is 1.44 bits per heavy atom. The van der Waals surface area contributed by atoms with Crippen molar-refractivity contribution in [1.82, 2.24) is 5.32 Å². The van der Waals surface area contributed by atoms with Crippen LogP contribution in [0, 0.1) is 0 Å². The van der Waals surface area contributed by atoms with Crippen LogP contribution in [0.1, 0.15) is 31.2 Å². The molecule has 18 heavy (non-hydrogen) atoms. The van der Waals surface area contributed by atoms with Gasteiger partial charge in [0.25, 0.3) is 0 Å². The van der Waals surface area contributed by atoms with Gasteiger partial charge in [-0.3, -0.25) is 4.79 Å². The third kappa shape index (κ3) is 3.03. The SMILES string of the molecule is NC(=O)C1(CCc2cccc(Cl)c2)CCCCN1. The number of nitrogens with one attached hydrogen (secondary N) is 1. The predicted molar refractivity (Wildman–Crippen MR) is 73.6 cm³/mol. The molecule has 2 rings (SSSR count). The van der Waals surface area contributed by atoms with Gasteiger partial charge in [-0.2, -0.15) is 0 Å². The highest BCUT2D eigenvalue weighted by Gasteiger charge is 2.36. The van der Waals surface area contributed by atoms with Gasteiger partial charge >= 0.3 is 0 Å². The molecule has 1 unspecified atom stereocenters. The van der Waals surface area contributed by atoms with Gasteiger partial charge in [0, 0.05) is 5.02 Å². The van der Waals surface area contributed by atoms with Crippen LogP contribution in [-0.2, 0) is 11.2 Å². The smallest absolute Gasteiger partial charge is 0.237 e. The van der Waals surface area contributed by atoms with Crippen molar-refractivity contribution in [2.24, 2.45) is 5.73 Å². The summed E-state index contributed by atoms with van der Waals surface area (Å²) in [6, 6.07) is 7.76. The van der Waals surface area contributed by atoms with E-state index in [1.54, 1.807) is 0 Å². The lowest BCUT2D eigenvalue weighted by Crippen LogP contribution is -2.57. The molecule has 3 nitrogen and oxygen atoms in total. The lowest BCUT2D eigenvalue weighted by atomic mass is 9.83. The number of piperidine rings is 1. The van der Waals surface area contributed by atoms with Gasteiger partial charge in [0.05, 0.1) is 5.54 Å². The number of benzene rings is 1. The zero-order valence-corrected chi connectivity index (χ0v) is 11.2. The highest BCUT2D eigenvalue weighted by molar-refractivity contribution is 6.30. The molecule has 1 fully saturated rings. The van der Waals surface area contributed by atoms with Crippen LogP contribution in [0.4, 0.5) is 0 Å². The standard InChI is InChI=1S/C14H19ClN2O/c15-12-5-3-4-11(10-12)6-8-14(13(16)18)7-1-2-9-17-14/h3-5,10,17H,1-2,6-9H2,(H2,16,18). The molecule has 1 saturated heterocycles. The Labute approximate surface area is 113 Å². The zero-order chi connectivity index (χ0) is 13.0. The van der Waals surface area contributed by atoms with Crippen LogP contribution in [0.3, 0.4) is 0 Å². The van der Waals surface area contributed by atoms with Crippen LogP contribution in [0.2, 0.25) is 5.02 Å². The van der Waals surface area contributed by atoms with Crippen LogP contribution in [0.25, 0.3) is 0 Å². The fourth-order valence-corrected chi connectivity index (χ4v) is 2.78. The lowest BCUT2D eigenvalue weighted by Gasteiger charge is -2.35. The minimum absolute atomic E-state index is 0.232. The van der Waals surface area contributed by atoms with E-state index in [9.17, 15) is 4.79 Å². The minimum atomic E-state index is -0.527. The zero-order valence-electron chi connectivity index (χ0n) is 10.4. The third-order valence-corrected chi connectivity index (χ3v) is 3.93. The first-order valence-corrected chi connectivity index (χ1v) is 6.80. The van der Waals surface area contributed by atoms with Gasteiger partial charge in [-0.1, -0.05) is 23.7 Å². The van der Waals surface area contributed by atoms with Crippen molar-refractivity contribution in [3.63, 3.8) is 0 Å². The van der Waals surface area contributed by atoms with E-state index in [2.05, 4.69) is 5.32 Å². The molecule has 0 aliphatic carbocycles. The van der Waals surface area contributed by atoms with Gasteiger partial charge in [-0.15, -0.1) is 0 Å². The molecule has 1 aromatic carbocycles. The van der Waals surface area contributed by atoms with Gasteiger partial charge in [0.15, 0.2) is 0 Å². The lowest BCUT2D eigenvalue weighted by molar-refractivity contribution is -0.125. The normalized spacial score (nSPS) is 23.8. The Morgan fingerprint density at radius 3 is 2.89 bits per heavy atom. The largest absolute Gasteiger partial charge is 0.368 e. The number of rotatable bonds is 4. The maximum Gasteiger partial charge on any atom is 0.237 e. The van der Waals surface area contributed by atoms with E-state index in [1.807, 2.05) is 24.3 Å². The van der Waals surface area contributed by atoms with Crippen LogP contribution in [0.5, 0.6) is 0 Å². The Bertz CT molecular complexity index is 428. The van der Waals surface area contributed by atoms with Crippen molar-refractivity contribution in [2.45, 2.75) is 37.6 Å². The Balaban J connectivity index is 2.04.